The number of hydrogen-bond donors (Lipinski definition) is 1. The number of terminal acetylenes is 1. The monoisotopic (exact) mass is 162 g/mol. The lowest BCUT2D eigenvalue weighted by molar-refractivity contribution is -0.135. The number of alkyl halides is 1. The molecule has 0 aliphatic rings. The van der Waals surface area contributed by atoms with Crippen LogP contribution < -0.4 is 0 Å². The van der Waals surface area contributed by atoms with Crippen LogP contribution in [0.3, 0.4) is 0 Å². The van der Waals surface area contributed by atoms with E-state index in [1.165, 1.54) is 0 Å². The minimum Gasteiger partial charge on any atom is -0.480 e. The fraction of sp³-hybridized carbons (Fsp3) is 0.250. The normalized spacial score (nSPS) is 12.0. The second-order valence-electron chi connectivity index (χ2n) is 0.867. The lowest BCUT2D eigenvalue weighted by atomic mass is 10.5. The van der Waals surface area contributed by atoms with Crippen molar-refractivity contribution in [3.05, 3.63) is 0 Å². The summed E-state index contributed by atoms with van der Waals surface area (Å²) in [5.41, 5.74) is 0. The molecule has 0 rings (SSSR count). The number of carboxylic acid groups (broad SMARTS) is 1. The summed E-state index contributed by atoms with van der Waals surface area (Å²) in [6.07, 6.45) is 4.70. The Morgan fingerprint density at radius 2 is 2.43 bits per heavy atom. The number of halogens is 1. The molecule has 0 amide bonds. The van der Waals surface area contributed by atoms with Gasteiger partial charge in [0.1, 0.15) is 0 Å². The summed E-state index contributed by atoms with van der Waals surface area (Å²) < 4.78 is 0. The molecule has 1 atom stereocenters. The molecule has 0 bridgehead atoms. The van der Waals surface area contributed by atoms with Gasteiger partial charge < -0.3 is 5.11 Å². The Morgan fingerprint density at radius 3 is 2.43 bits per heavy atom. The molecule has 0 saturated heterocycles. The van der Waals surface area contributed by atoms with E-state index in [0.717, 1.165) is 0 Å². The van der Waals surface area contributed by atoms with Gasteiger partial charge in [-0.1, -0.05) is 21.9 Å². The van der Waals surface area contributed by atoms with Gasteiger partial charge in [0, 0.05) is 0 Å². The van der Waals surface area contributed by atoms with Crippen LogP contribution in [-0.2, 0) is 4.79 Å². The number of aliphatic carboxylic acids is 1. The SMILES string of the molecule is C#CC(Br)C(=O)O. The lowest BCUT2D eigenvalue weighted by Gasteiger charge is -1.87. The van der Waals surface area contributed by atoms with Crippen LogP contribution in [-0.4, -0.2) is 15.9 Å². The van der Waals surface area contributed by atoms with E-state index in [1.807, 2.05) is 5.92 Å². The van der Waals surface area contributed by atoms with Crippen molar-refractivity contribution in [1.29, 1.82) is 0 Å². The Hall–Kier alpha value is -0.490. The third-order valence-electron chi connectivity index (χ3n) is 0.363. The third kappa shape index (κ3) is 2.24. The van der Waals surface area contributed by atoms with Crippen molar-refractivity contribution in [2.75, 3.05) is 0 Å². The van der Waals surface area contributed by atoms with Crippen molar-refractivity contribution in [2.24, 2.45) is 0 Å². The minimum absolute atomic E-state index is 0.840. The molecule has 0 aromatic heterocycles. The number of carboxylic acids is 1. The van der Waals surface area contributed by atoms with Crippen LogP contribution in [0.1, 0.15) is 0 Å². The van der Waals surface area contributed by atoms with E-state index in [2.05, 4.69) is 15.9 Å². The standard InChI is InChI=1S/C4H3BrO2/c1-2-3(5)4(6)7/h1,3H,(H,6,7). The Labute approximate surface area is 49.7 Å². The zero-order valence-electron chi connectivity index (χ0n) is 3.39. The summed E-state index contributed by atoms with van der Waals surface area (Å²) in [6, 6.07) is 0. The Morgan fingerprint density at radius 1 is 2.00 bits per heavy atom. The molecule has 1 unspecified atom stereocenters. The fourth-order valence-corrected chi connectivity index (χ4v) is 0.0713. The molecule has 1 N–H and O–H groups in total. The van der Waals surface area contributed by atoms with Crippen LogP contribution in [0.25, 0.3) is 0 Å². The van der Waals surface area contributed by atoms with Gasteiger partial charge in [-0.3, -0.25) is 0 Å². The van der Waals surface area contributed by atoms with E-state index in [9.17, 15) is 4.79 Å². The van der Waals surface area contributed by atoms with E-state index in [-0.39, 0.29) is 0 Å². The van der Waals surface area contributed by atoms with Gasteiger partial charge in [-0.25, -0.2) is 4.79 Å². The van der Waals surface area contributed by atoms with E-state index < -0.39 is 10.8 Å². The Bertz CT molecular complexity index is 113. The largest absolute Gasteiger partial charge is 0.480 e. The Kier molecular flexibility index (Phi) is 2.46. The molecule has 0 aliphatic heterocycles. The van der Waals surface area contributed by atoms with E-state index in [4.69, 9.17) is 11.5 Å². The molecule has 0 spiro atoms. The second kappa shape index (κ2) is 2.64. The van der Waals surface area contributed by atoms with Crippen molar-refractivity contribution < 1.29 is 9.90 Å². The van der Waals surface area contributed by atoms with E-state index in [1.54, 1.807) is 0 Å². The van der Waals surface area contributed by atoms with Crippen molar-refractivity contribution >= 4 is 21.9 Å². The molecule has 0 aromatic rings. The topological polar surface area (TPSA) is 37.3 Å². The van der Waals surface area contributed by atoms with Gasteiger partial charge in [0.05, 0.1) is 0 Å². The lowest BCUT2D eigenvalue weighted by Crippen LogP contribution is -2.08. The minimum atomic E-state index is -1.03. The molecule has 3 heteroatoms. The first kappa shape index (κ1) is 6.51. The Balaban J connectivity index is 3.63. The molecule has 0 aromatic carbocycles. The molecular formula is C4H3BrO2. The summed E-state index contributed by atoms with van der Waals surface area (Å²) in [7, 11) is 0. The van der Waals surface area contributed by atoms with Crippen LogP contribution in [0.4, 0.5) is 0 Å². The van der Waals surface area contributed by atoms with Crippen LogP contribution in [0.15, 0.2) is 0 Å². The maximum Gasteiger partial charge on any atom is 0.329 e. The average Bonchev–Trinajstić information content (AvgIpc) is 1.65. The van der Waals surface area contributed by atoms with Crippen molar-refractivity contribution in [2.45, 2.75) is 4.83 Å². The summed E-state index contributed by atoms with van der Waals surface area (Å²) in [5.74, 6) is 0.956. The first-order valence-electron chi connectivity index (χ1n) is 1.51. The fourth-order valence-electron chi connectivity index (χ4n) is 0.0713. The smallest absolute Gasteiger partial charge is 0.329 e. The van der Waals surface area contributed by atoms with Gasteiger partial charge >= 0.3 is 5.97 Å². The first-order valence-corrected chi connectivity index (χ1v) is 2.43. The first-order chi connectivity index (χ1) is 3.18. The highest BCUT2D eigenvalue weighted by Crippen LogP contribution is 1.94. The van der Waals surface area contributed by atoms with E-state index >= 15 is 0 Å². The summed E-state index contributed by atoms with van der Waals surface area (Å²) in [6.45, 7) is 0. The number of rotatable bonds is 1. The van der Waals surface area contributed by atoms with Crippen molar-refractivity contribution in [1.82, 2.24) is 0 Å². The predicted molar refractivity (Wildman–Crippen MR) is 29.2 cm³/mol. The highest BCUT2D eigenvalue weighted by molar-refractivity contribution is 9.10. The summed E-state index contributed by atoms with van der Waals surface area (Å²) in [4.78, 5) is 8.90. The maximum atomic E-state index is 9.74. The number of hydrogen-bond acceptors (Lipinski definition) is 1. The highest BCUT2D eigenvalue weighted by Gasteiger charge is 2.05. The quantitative estimate of drug-likeness (QED) is 0.450. The van der Waals surface area contributed by atoms with Crippen LogP contribution in [0.5, 0.6) is 0 Å². The second-order valence-corrected chi connectivity index (χ2v) is 1.78. The van der Waals surface area contributed by atoms with Crippen LogP contribution in [0, 0.1) is 12.3 Å². The van der Waals surface area contributed by atoms with Gasteiger partial charge in [-0.2, -0.15) is 0 Å². The van der Waals surface area contributed by atoms with Gasteiger partial charge in [-0.05, 0) is 0 Å². The van der Waals surface area contributed by atoms with Gasteiger partial charge in [-0.15, -0.1) is 6.42 Å². The molecule has 38 valence electrons. The third-order valence-corrected chi connectivity index (χ3v) is 1.02. The van der Waals surface area contributed by atoms with Crippen molar-refractivity contribution in [3.63, 3.8) is 0 Å². The van der Waals surface area contributed by atoms with E-state index in [0.29, 0.717) is 0 Å². The number of carbonyl (C=O) groups is 1. The molecule has 2 nitrogen and oxygen atoms in total. The highest BCUT2D eigenvalue weighted by atomic mass is 79.9. The summed E-state index contributed by atoms with van der Waals surface area (Å²) >= 11 is 2.71. The molecule has 0 aliphatic carbocycles. The molecule has 0 saturated carbocycles. The molecule has 0 heterocycles. The summed E-state index contributed by atoms with van der Waals surface area (Å²) in [5, 5.41) is 7.99. The van der Waals surface area contributed by atoms with Crippen LogP contribution in [0.2, 0.25) is 0 Å². The van der Waals surface area contributed by atoms with Crippen LogP contribution >= 0.6 is 15.9 Å². The average molecular weight is 163 g/mol. The maximum absolute atomic E-state index is 9.74. The van der Waals surface area contributed by atoms with Gasteiger partial charge in [0.15, 0.2) is 4.83 Å². The predicted octanol–water partition coefficient (Wildman–Crippen LogP) is 0.468. The van der Waals surface area contributed by atoms with Gasteiger partial charge in [0.25, 0.3) is 0 Å². The van der Waals surface area contributed by atoms with Crippen molar-refractivity contribution in [3.8, 4) is 12.3 Å². The zero-order valence-corrected chi connectivity index (χ0v) is 4.97. The van der Waals surface area contributed by atoms with Gasteiger partial charge in [0.2, 0.25) is 0 Å². The zero-order chi connectivity index (χ0) is 5.86. The molecule has 0 radical (unpaired) electrons. The molecule has 7 heavy (non-hydrogen) atoms. The molecule has 0 fully saturated rings. The molecular weight excluding hydrogens is 160 g/mol.